The van der Waals surface area contributed by atoms with Gasteiger partial charge in [-0.25, -0.2) is 8.78 Å². The van der Waals surface area contributed by atoms with Crippen molar-refractivity contribution in [3.05, 3.63) is 63.7 Å². The SMILES string of the molecule is Cl.O=C(Nc1ccc(F)c(Cl)c1)c1ccc(F)c2c1CCC2NI. The monoisotopic (exact) mass is 484 g/mol. The van der Waals surface area contributed by atoms with E-state index in [0.717, 1.165) is 6.42 Å². The van der Waals surface area contributed by atoms with Gasteiger partial charge < -0.3 is 5.32 Å². The van der Waals surface area contributed by atoms with Gasteiger partial charge in [0, 0.05) is 45.7 Å². The second-order valence-electron chi connectivity index (χ2n) is 5.27. The number of hydrogen-bond acceptors (Lipinski definition) is 2. The molecule has 3 rings (SSSR count). The van der Waals surface area contributed by atoms with Gasteiger partial charge >= 0.3 is 0 Å². The van der Waals surface area contributed by atoms with E-state index in [2.05, 4.69) is 8.85 Å². The van der Waals surface area contributed by atoms with Crippen LogP contribution in [0.2, 0.25) is 5.02 Å². The van der Waals surface area contributed by atoms with Crippen LogP contribution in [0.15, 0.2) is 30.3 Å². The molecule has 0 spiro atoms. The summed E-state index contributed by atoms with van der Waals surface area (Å²) in [4.78, 5) is 12.5. The number of anilines is 1. The fraction of sp³-hybridized carbons (Fsp3) is 0.188. The quantitative estimate of drug-likeness (QED) is 0.463. The molecule has 1 unspecified atom stereocenters. The molecule has 0 aromatic heterocycles. The predicted octanol–water partition coefficient (Wildman–Crippen LogP) is 5.22. The molecule has 2 N–H and O–H groups in total. The molecule has 0 heterocycles. The number of nitrogens with one attached hydrogen (secondary N) is 2. The summed E-state index contributed by atoms with van der Waals surface area (Å²) in [6, 6.07) is 6.63. The Morgan fingerprint density at radius 3 is 2.58 bits per heavy atom. The van der Waals surface area contributed by atoms with E-state index >= 15 is 0 Å². The smallest absolute Gasteiger partial charge is 0.255 e. The summed E-state index contributed by atoms with van der Waals surface area (Å²) < 4.78 is 30.3. The van der Waals surface area contributed by atoms with Gasteiger partial charge in [0.05, 0.1) is 5.02 Å². The number of rotatable bonds is 3. The lowest BCUT2D eigenvalue weighted by atomic mass is 10.0. The molecule has 0 radical (unpaired) electrons. The van der Waals surface area contributed by atoms with E-state index in [-0.39, 0.29) is 35.2 Å². The number of hydrogen-bond donors (Lipinski definition) is 2. The van der Waals surface area contributed by atoms with Crippen LogP contribution in [-0.2, 0) is 6.42 Å². The molecule has 1 atom stereocenters. The van der Waals surface area contributed by atoms with Crippen molar-refractivity contribution in [1.29, 1.82) is 0 Å². The van der Waals surface area contributed by atoms with Crippen LogP contribution in [0.25, 0.3) is 0 Å². The summed E-state index contributed by atoms with van der Waals surface area (Å²) in [6.07, 6.45) is 1.36. The van der Waals surface area contributed by atoms with Crippen LogP contribution >= 0.6 is 46.9 Å². The zero-order chi connectivity index (χ0) is 16.6. The molecule has 0 bridgehead atoms. The zero-order valence-corrected chi connectivity index (χ0v) is 15.9. The number of amides is 1. The van der Waals surface area contributed by atoms with Crippen molar-refractivity contribution in [2.75, 3.05) is 5.32 Å². The van der Waals surface area contributed by atoms with Crippen LogP contribution in [0.4, 0.5) is 14.5 Å². The first-order valence-corrected chi connectivity index (χ1v) is 8.40. The van der Waals surface area contributed by atoms with Crippen LogP contribution in [0.3, 0.4) is 0 Å². The molecule has 1 aliphatic rings. The minimum Gasteiger partial charge on any atom is -0.322 e. The highest BCUT2D eigenvalue weighted by Gasteiger charge is 2.29. The van der Waals surface area contributed by atoms with Crippen LogP contribution in [0.1, 0.15) is 33.9 Å². The fourth-order valence-corrected chi connectivity index (χ4v) is 3.61. The lowest BCUT2D eigenvalue weighted by Gasteiger charge is -2.13. The van der Waals surface area contributed by atoms with E-state index in [9.17, 15) is 13.6 Å². The Labute approximate surface area is 163 Å². The number of carbonyl (C=O) groups excluding carboxylic acids is 1. The number of halogens is 5. The molecule has 24 heavy (non-hydrogen) atoms. The van der Waals surface area contributed by atoms with Crippen molar-refractivity contribution in [2.24, 2.45) is 0 Å². The topological polar surface area (TPSA) is 41.1 Å². The zero-order valence-electron chi connectivity index (χ0n) is 12.2. The molecule has 8 heteroatoms. The number of carbonyl (C=O) groups is 1. The maximum absolute atomic E-state index is 14.1. The first-order valence-electron chi connectivity index (χ1n) is 6.95. The van der Waals surface area contributed by atoms with Crippen molar-refractivity contribution in [3.8, 4) is 0 Å². The van der Waals surface area contributed by atoms with Gasteiger partial charge in [-0.15, -0.1) is 12.4 Å². The molecule has 0 aliphatic heterocycles. The van der Waals surface area contributed by atoms with E-state index in [4.69, 9.17) is 11.6 Å². The van der Waals surface area contributed by atoms with Crippen molar-refractivity contribution < 1.29 is 13.6 Å². The minimum absolute atomic E-state index is 0. The van der Waals surface area contributed by atoms with E-state index in [1.165, 1.54) is 30.3 Å². The summed E-state index contributed by atoms with van der Waals surface area (Å²) in [7, 11) is 0. The van der Waals surface area contributed by atoms with E-state index in [0.29, 0.717) is 28.8 Å². The Morgan fingerprint density at radius 2 is 1.92 bits per heavy atom. The Kier molecular flexibility index (Phi) is 6.41. The maximum Gasteiger partial charge on any atom is 0.255 e. The third kappa shape index (κ3) is 3.66. The minimum atomic E-state index is -0.552. The van der Waals surface area contributed by atoms with E-state index in [1.54, 1.807) is 0 Å². The Balaban J connectivity index is 0.00000208. The summed E-state index contributed by atoms with van der Waals surface area (Å²) in [5.41, 5.74) is 2.08. The molecule has 0 saturated carbocycles. The van der Waals surface area contributed by atoms with Crippen LogP contribution in [0.5, 0.6) is 0 Å². The predicted molar refractivity (Wildman–Crippen MR) is 101 cm³/mol. The van der Waals surface area contributed by atoms with Crippen molar-refractivity contribution in [1.82, 2.24) is 3.53 Å². The van der Waals surface area contributed by atoms with Gasteiger partial charge in [0.2, 0.25) is 0 Å². The standard InChI is InChI=1S/C16H12ClF2IN2O.ClH/c17-11-7-8(1-4-12(11)18)21-16(23)10-2-5-13(19)15-9(10)3-6-14(15)22-20;/h1-2,4-5,7,14,22H,3,6H2,(H,21,23);1H. The van der Waals surface area contributed by atoms with Crippen LogP contribution < -0.4 is 8.85 Å². The number of benzene rings is 2. The van der Waals surface area contributed by atoms with E-state index in [1.807, 2.05) is 22.9 Å². The molecular weight excluding hydrogens is 472 g/mol. The maximum atomic E-state index is 14.1. The van der Waals surface area contributed by atoms with Gasteiger partial charge in [0.15, 0.2) is 0 Å². The highest BCUT2D eigenvalue weighted by molar-refractivity contribution is 14.1. The molecular formula is C16H13Cl2F2IN2O. The molecule has 2 aromatic carbocycles. The van der Waals surface area contributed by atoms with E-state index < -0.39 is 5.82 Å². The van der Waals surface area contributed by atoms with Gasteiger partial charge in [0.1, 0.15) is 11.6 Å². The van der Waals surface area contributed by atoms with Gasteiger partial charge in [-0.1, -0.05) is 11.6 Å². The van der Waals surface area contributed by atoms with Gasteiger partial charge in [0.25, 0.3) is 5.91 Å². The molecule has 128 valence electrons. The normalized spacial score (nSPS) is 15.6. The fourth-order valence-electron chi connectivity index (χ4n) is 2.81. The van der Waals surface area contributed by atoms with Crippen molar-refractivity contribution in [2.45, 2.75) is 18.9 Å². The molecule has 1 aliphatic carbocycles. The second-order valence-corrected chi connectivity index (χ2v) is 6.30. The Bertz CT molecular complexity index is 789. The second kappa shape index (κ2) is 7.95. The summed E-state index contributed by atoms with van der Waals surface area (Å²) in [6.45, 7) is 0. The molecule has 3 nitrogen and oxygen atoms in total. The van der Waals surface area contributed by atoms with Crippen LogP contribution in [-0.4, -0.2) is 5.91 Å². The summed E-state index contributed by atoms with van der Waals surface area (Å²) in [5, 5.41) is 2.61. The lowest BCUT2D eigenvalue weighted by molar-refractivity contribution is 0.102. The van der Waals surface area contributed by atoms with Crippen molar-refractivity contribution >= 4 is 58.5 Å². The molecule has 1 amide bonds. The van der Waals surface area contributed by atoms with Crippen LogP contribution in [0, 0.1) is 11.6 Å². The first kappa shape index (κ1) is 19.4. The Morgan fingerprint density at radius 1 is 1.21 bits per heavy atom. The lowest BCUT2D eigenvalue weighted by Crippen LogP contribution is -2.15. The highest BCUT2D eigenvalue weighted by atomic mass is 127. The average molecular weight is 485 g/mol. The summed E-state index contributed by atoms with van der Waals surface area (Å²) in [5.74, 6) is -1.23. The average Bonchev–Trinajstić information content (AvgIpc) is 2.96. The van der Waals surface area contributed by atoms with Gasteiger partial charge in [-0.2, -0.15) is 0 Å². The summed E-state index contributed by atoms with van der Waals surface area (Å²) >= 11 is 7.70. The molecule has 0 fully saturated rings. The third-order valence-corrected chi connectivity index (χ3v) is 4.93. The highest BCUT2D eigenvalue weighted by Crippen LogP contribution is 2.36. The molecule has 2 aromatic rings. The van der Waals surface area contributed by atoms with Gasteiger partial charge in [-0.05, 0) is 48.7 Å². The Hall–Kier alpha value is -0.960. The number of fused-ring (bicyclic) bond motifs is 1. The van der Waals surface area contributed by atoms with Gasteiger partial charge in [-0.3, -0.25) is 8.32 Å². The largest absolute Gasteiger partial charge is 0.322 e. The third-order valence-electron chi connectivity index (χ3n) is 3.89. The molecule has 0 saturated heterocycles. The van der Waals surface area contributed by atoms with Crippen molar-refractivity contribution in [3.63, 3.8) is 0 Å². The first-order chi connectivity index (χ1) is 11.0.